The highest BCUT2D eigenvalue weighted by Gasteiger charge is 2.19. The molecule has 2 heterocycles. The number of amides is 1. The van der Waals surface area contributed by atoms with Crippen molar-refractivity contribution in [3.05, 3.63) is 88.2 Å². The van der Waals surface area contributed by atoms with Crippen molar-refractivity contribution in [2.75, 3.05) is 17.3 Å². The number of carbonyl (C=O) groups is 1. The van der Waals surface area contributed by atoms with Crippen LogP contribution in [0.3, 0.4) is 0 Å². The fraction of sp³-hybridized carbons (Fsp3) is 0.154. The Kier molecular flexibility index (Phi) is 6.36. The van der Waals surface area contributed by atoms with E-state index in [0.717, 1.165) is 27.4 Å². The van der Waals surface area contributed by atoms with Crippen LogP contribution in [0.4, 0.5) is 5.69 Å². The third-order valence-electron chi connectivity index (χ3n) is 5.67. The van der Waals surface area contributed by atoms with E-state index in [2.05, 4.69) is 15.5 Å². The van der Waals surface area contributed by atoms with Crippen LogP contribution in [-0.2, 0) is 4.79 Å². The standard InChI is InChI=1S/C26H23N5O2S2/c1-16-11-12-21(17(2)13-16)30-24(33)20-9-4-5-10-22(20)31-25(30)28-29-26(31)35-15-23(32)27-18-7-6-8-19(14-18)34-3/h4-14H,15H2,1-3H3,(H,27,32). The van der Waals surface area contributed by atoms with Crippen molar-refractivity contribution in [1.29, 1.82) is 0 Å². The predicted octanol–water partition coefficient (Wildman–Crippen LogP) is 5.10. The molecular weight excluding hydrogens is 478 g/mol. The van der Waals surface area contributed by atoms with Gasteiger partial charge in [-0.1, -0.05) is 47.7 Å². The topological polar surface area (TPSA) is 81.3 Å². The van der Waals surface area contributed by atoms with E-state index >= 15 is 0 Å². The van der Waals surface area contributed by atoms with Crippen LogP contribution in [0, 0.1) is 13.8 Å². The fourth-order valence-corrected chi connectivity index (χ4v) is 5.27. The van der Waals surface area contributed by atoms with Gasteiger partial charge in [-0.15, -0.1) is 22.0 Å². The summed E-state index contributed by atoms with van der Waals surface area (Å²) in [6.45, 7) is 3.99. The molecule has 0 aliphatic rings. The van der Waals surface area contributed by atoms with E-state index in [-0.39, 0.29) is 17.2 Å². The number of para-hydroxylation sites is 1. The molecule has 0 saturated heterocycles. The molecule has 5 aromatic rings. The highest BCUT2D eigenvalue weighted by Crippen LogP contribution is 2.25. The van der Waals surface area contributed by atoms with Gasteiger partial charge in [0.1, 0.15) is 0 Å². The summed E-state index contributed by atoms with van der Waals surface area (Å²) in [6, 6.07) is 21.1. The van der Waals surface area contributed by atoms with Gasteiger partial charge in [-0.05, 0) is 62.1 Å². The molecule has 0 fully saturated rings. The first-order valence-corrected chi connectivity index (χ1v) is 13.2. The summed E-state index contributed by atoms with van der Waals surface area (Å²) in [5, 5.41) is 12.8. The number of aryl methyl sites for hydroxylation is 2. The van der Waals surface area contributed by atoms with Gasteiger partial charge in [0.05, 0.1) is 22.3 Å². The summed E-state index contributed by atoms with van der Waals surface area (Å²) in [5.41, 5.74) is 4.13. The summed E-state index contributed by atoms with van der Waals surface area (Å²) in [5.74, 6) is 0.426. The van der Waals surface area contributed by atoms with Crippen molar-refractivity contribution < 1.29 is 4.79 Å². The lowest BCUT2D eigenvalue weighted by atomic mass is 10.1. The van der Waals surface area contributed by atoms with Gasteiger partial charge in [-0.3, -0.25) is 14.0 Å². The van der Waals surface area contributed by atoms with Crippen molar-refractivity contribution in [2.24, 2.45) is 0 Å². The molecule has 0 atom stereocenters. The first-order chi connectivity index (χ1) is 17.0. The van der Waals surface area contributed by atoms with E-state index in [4.69, 9.17) is 0 Å². The van der Waals surface area contributed by atoms with Gasteiger partial charge >= 0.3 is 0 Å². The molecule has 176 valence electrons. The minimum absolute atomic E-state index is 0.142. The number of nitrogens with zero attached hydrogens (tertiary/aromatic N) is 4. The molecule has 0 saturated carbocycles. The van der Waals surface area contributed by atoms with Crippen LogP contribution in [0.15, 0.2) is 81.6 Å². The van der Waals surface area contributed by atoms with E-state index in [1.165, 1.54) is 11.8 Å². The number of nitrogens with one attached hydrogen (secondary N) is 1. The summed E-state index contributed by atoms with van der Waals surface area (Å²) in [7, 11) is 0. The Morgan fingerprint density at radius 3 is 2.63 bits per heavy atom. The van der Waals surface area contributed by atoms with Gasteiger partial charge in [0.2, 0.25) is 11.7 Å². The van der Waals surface area contributed by atoms with Gasteiger partial charge < -0.3 is 5.32 Å². The number of thioether (sulfide) groups is 2. The van der Waals surface area contributed by atoms with Gasteiger partial charge in [0, 0.05) is 10.6 Å². The minimum atomic E-state index is -0.157. The monoisotopic (exact) mass is 501 g/mol. The predicted molar refractivity (Wildman–Crippen MR) is 143 cm³/mol. The molecule has 9 heteroatoms. The molecule has 7 nitrogen and oxygen atoms in total. The normalized spacial score (nSPS) is 11.3. The average Bonchev–Trinajstić information content (AvgIpc) is 3.28. The number of benzene rings is 3. The van der Waals surface area contributed by atoms with Crippen LogP contribution in [0.1, 0.15) is 11.1 Å². The number of aromatic nitrogens is 4. The summed E-state index contributed by atoms with van der Waals surface area (Å²) < 4.78 is 3.45. The molecule has 1 amide bonds. The molecule has 2 aromatic heterocycles. The summed E-state index contributed by atoms with van der Waals surface area (Å²) in [6.07, 6.45) is 2.00. The van der Waals surface area contributed by atoms with Gasteiger partial charge in [0.25, 0.3) is 5.56 Å². The molecular formula is C26H23N5O2S2. The number of rotatable bonds is 6. The van der Waals surface area contributed by atoms with Crippen LogP contribution >= 0.6 is 23.5 Å². The fourth-order valence-electron chi connectivity index (χ4n) is 4.07. The maximum atomic E-state index is 13.5. The van der Waals surface area contributed by atoms with Crippen LogP contribution in [0.5, 0.6) is 0 Å². The van der Waals surface area contributed by atoms with E-state index in [0.29, 0.717) is 21.8 Å². The van der Waals surface area contributed by atoms with E-state index in [9.17, 15) is 9.59 Å². The van der Waals surface area contributed by atoms with Crippen LogP contribution in [-0.4, -0.2) is 37.1 Å². The summed E-state index contributed by atoms with van der Waals surface area (Å²) in [4.78, 5) is 27.3. The smallest absolute Gasteiger partial charge is 0.267 e. The second-order valence-corrected chi connectivity index (χ2v) is 9.96. The van der Waals surface area contributed by atoms with E-state index < -0.39 is 0 Å². The first-order valence-electron chi connectivity index (χ1n) is 11.0. The molecule has 0 radical (unpaired) electrons. The van der Waals surface area contributed by atoms with Gasteiger partial charge in [0.15, 0.2) is 5.16 Å². The van der Waals surface area contributed by atoms with E-state index in [1.54, 1.807) is 22.4 Å². The number of fused-ring (bicyclic) bond motifs is 3. The quantitative estimate of drug-likeness (QED) is 0.326. The second-order valence-electron chi connectivity index (χ2n) is 8.13. The van der Waals surface area contributed by atoms with Crippen molar-refractivity contribution in [3.63, 3.8) is 0 Å². The Hall–Kier alpha value is -3.56. The molecule has 0 unspecified atom stereocenters. The zero-order valence-electron chi connectivity index (χ0n) is 19.5. The first kappa shape index (κ1) is 23.2. The molecule has 0 bridgehead atoms. The summed E-state index contributed by atoms with van der Waals surface area (Å²) >= 11 is 2.90. The third-order valence-corrected chi connectivity index (χ3v) is 7.33. The van der Waals surface area contributed by atoms with Crippen LogP contribution in [0.25, 0.3) is 22.4 Å². The lowest BCUT2D eigenvalue weighted by Gasteiger charge is -2.13. The van der Waals surface area contributed by atoms with Crippen molar-refractivity contribution in [3.8, 4) is 5.69 Å². The molecule has 5 rings (SSSR count). The number of hydrogen-bond donors (Lipinski definition) is 1. The molecule has 35 heavy (non-hydrogen) atoms. The lowest BCUT2D eigenvalue weighted by molar-refractivity contribution is -0.113. The van der Waals surface area contributed by atoms with Crippen molar-refractivity contribution in [2.45, 2.75) is 23.9 Å². The maximum absolute atomic E-state index is 13.5. The van der Waals surface area contributed by atoms with E-state index in [1.807, 2.05) is 85.2 Å². The Morgan fingerprint density at radius 1 is 1.00 bits per heavy atom. The number of anilines is 1. The second kappa shape index (κ2) is 9.59. The Balaban J connectivity index is 1.54. The van der Waals surface area contributed by atoms with Gasteiger partial charge in [-0.2, -0.15) is 0 Å². The zero-order valence-corrected chi connectivity index (χ0v) is 21.1. The van der Waals surface area contributed by atoms with Crippen molar-refractivity contribution >= 4 is 51.8 Å². The minimum Gasteiger partial charge on any atom is -0.325 e. The highest BCUT2D eigenvalue weighted by atomic mass is 32.2. The van der Waals surface area contributed by atoms with Crippen LogP contribution in [0.2, 0.25) is 0 Å². The van der Waals surface area contributed by atoms with Crippen molar-refractivity contribution in [1.82, 2.24) is 19.2 Å². The Morgan fingerprint density at radius 2 is 1.83 bits per heavy atom. The molecule has 0 spiro atoms. The number of hydrogen-bond acceptors (Lipinski definition) is 6. The Labute approximate surface area is 210 Å². The molecule has 3 aromatic carbocycles. The molecule has 1 N–H and O–H groups in total. The Bertz CT molecular complexity index is 1640. The SMILES string of the molecule is CSc1cccc(NC(=O)CSc2nnc3n(-c4ccc(C)cc4C)c(=O)c4ccccc4n23)c1. The molecule has 0 aliphatic heterocycles. The maximum Gasteiger partial charge on any atom is 0.267 e. The van der Waals surface area contributed by atoms with Gasteiger partial charge in [-0.25, -0.2) is 4.57 Å². The lowest BCUT2D eigenvalue weighted by Crippen LogP contribution is -2.22. The van der Waals surface area contributed by atoms with Crippen LogP contribution < -0.4 is 10.9 Å². The largest absolute Gasteiger partial charge is 0.325 e. The zero-order chi connectivity index (χ0) is 24.5. The number of carbonyl (C=O) groups excluding carboxylic acids is 1. The highest BCUT2D eigenvalue weighted by molar-refractivity contribution is 7.99. The average molecular weight is 502 g/mol. The molecule has 0 aliphatic carbocycles. The third kappa shape index (κ3) is 4.44.